The fraction of sp³-hybridized carbons (Fsp3) is 0.727. The van der Waals surface area contributed by atoms with Crippen molar-refractivity contribution in [2.45, 2.75) is 32.2 Å². The second kappa shape index (κ2) is 3.39. The molecule has 1 saturated carbocycles. The largest absolute Gasteiger partial charge is 0.299 e. The highest BCUT2D eigenvalue weighted by molar-refractivity contribution is 5.17. The second-order valence-corrected chi connectivity index (χ2v) is 4.66. The molecule has 1 N–H and O–H groups in total. The van der Waals surface area contributed by atoms with Crippen LogP contribution >= 0.6 is 0 Å². The highest BCUT2D eigenvalue weighted by Gasteiger charge is 2.25. The zero-order chi connectivity index (χ0) is 9.38. The smallest absolute Gasteiger partial charge is 0.0535 e. The minimum atomic E-state index is 1.00. The zero-order valence-corrected chi connectivity index (χ0v) is 8.50. The van der Waals surface area contributed by atoms with Crippen molar-refractivity contribution in [1.82, 2.24) is 15.1 Å². The Labute approximate surface area is 84.5 Å². The maximum Gasteiger partial charge on any atom is 0.0535 e. The molecule has 1 fully saturated rings. The quantitative estimate of drug-likeness (QED) is 0.769. The standard InChI is InChI=1S/C11H17N3/c1-2-11-10(6-12-13-11)8-14(5-1)7-9-3-4-9/h6,9H,1-5,7-8H2,(H,12,13). The lowest BCUT2D eigenvalue weighted by Crippen LogP contribution is -2.25. The van der Waals surface area contributed by atoms with Gasteiger partial charge in [-0.15, -0.1) is 0 Å². The van der Waals surface area contributed by atoms with Gasteiger partial charge in [-0.1, -0.05) is 0 Å². The summed E-state index contributed by atoms with van der Waals surface area (Å²) in [6.45, 7) is 3.69. The minimum absolute atomic E-state index is 1.00. The molecule has 3 rings (SSSR count). The number of nitrogens with zero attached hydrogens (tertiary/aromatic N) is 2. The molecule has 0 radical (unpaired) electrons. The van der Waals surface area contributed by atoms with E-state index in [9.17, 15) is 0 Å². The molecule has 0 amide bonds. The minimum Gasteiger partial charge on any atom is -0.299 e. The van der Waals surface area contributed by atoms with Gasteiger partial charge < -0.3 is 0 Å². The molecule has 0 aromatic carbocycles. The average Bonchev–Trinajstić information content (AvgIpc) is 2.92. The van der Waals surface area contributed by atoms with E-state index in [2.05, 4.69) is 15.1 Å². The van der Waals surface area contributed by atoms with Gasteiger partial charge in [0.1, 0.15) is 0 Å². The SMILES string of the molecule is c1n[nH]c2c1CN(CC1CC1)CCC2. The van der Waals surface area contributed by atoms with E-state index in [1.807, 2.05) is 6.20 Å². The molecule has 2 aliphatic rings. The lowest BCUT2D eigenvalue weighted by atomic mass is 10.2. The molecule has 0 spiro atoms. The Morgan fingerprint density at radius 2 is 2.43 bits per heavy atom. The summed E-state index contributed by atoms with van der Waals surface area (Å²) in [7, 11) is 0. The van der Waals surface area contributed by atoms with Gasteiger partial charge in [0.05, 0.1) is 6.20 Å². The first kappa shape index (κ1) is 8.48. The first-order chi connectivity index (χ1) is 6.92. The van der Waals surface area contributed by atoms with Gasteiger partial charge in [-0.3, -0.25) is 10.00 Å². The summed E-state index contributed by atoms with van der Waals surface area (Å²) in [5, 5.41) is 7.23. The van der Waals surface area contributed by atoms with Crippen LogP contribution in [0.15, 0.2) is 6.20 Å². The van der Waals surface area contributed by atoms with Crippen LogP contribution in [-0.2, 0) is 13.0 Å². The topological polar surface area (TPSA) is 31.9 Å². The van der Waals surface area contributed by atoms with Crippen LogP contribution in [0.4, 0.5) is 0 Å². The van der Waals surface area contributed by atoms with Crippen molar-refractivity contribution in [1.29, 1.82) is 0 Å². The highest BCUT2D eigenvalue weighted by atomic mass is 15.2. The van der Waals surface area contributed by atoms with Gasteiger partial charge in [-0.2, -0.15) is 5.10 Å². The maximum absolute atomic E-state index is 4.12. The number of H-pyrrole nitrogens is 1. The summed E-state index contributed by atoms with van der Waals surface area (Å²) in [6, 6.07) is 0. The monoisotopic (exact) mass is 191 g/mol. The molecule has 3 heteroatoms. The van der Waals surface area contributed by atoms with Crippen molar-refractivity contribution in [2.75, 3.05) is 13.1 Å². The first-order valence-corrected chi connectivity index (χ1v) is 5.65. The van der Waals surface area contributed by atoms with Gasteiger partial charge in [0.25, 0.3) is 0 Å². The van der Waals surface area contributed by atoms with Crippen molar-refractivity contribution >= 4 is 0 Å². The van der Waals surface area contributed by atoms with Crippen molar-refractivity contribution in [3.05, 3.63) is 17.5 Å². The second-order valence-electron chi connectivity index (χ2n) is 4.66. The predicted molar refractivity (Wildman–Crippen MR) is 54.9 cm³/mol. The Morgan fingerprint density at radius 3 is 3.29 bits per heavy atom. The van der Waals surface area contributed by atoms with Crippen LogP contribution in [0.1, 0.15) is 30.5 Å². The maximum atomic E-state index is 4.12. The fourth-order valence-corrected chi connectivity index (χ4v) is 2.31. The molecular weight excluding hydrogens is 174 g/mol. The Balaban J connectivity index is 1.71. The Bertz CT molecular complexity index is 314. The molecule has 1 aliphatic carbocycles. The molecule has 0 bridgehead atoms. The van der Waals surface area contributed by atoms with E-state index >= 15 is 0 Å². The fourth-order valence-electron chi connectivity index (χ4n) is 2.31. The number of aromatic nitrogens is 2. The molecule has 3 nitrogen and oxygen atoms in total. The van der Waals surface area contributed by atoms with E-state index in [4.69, 9.17) is 0 Å². The van der Waals surface area contributed by atoms with Crippen LogP contribution in [-0.4, -0.2) is 28.2 Å². The van der Waals surface area contributed by atoms with E-state index < -0.39 is 0 Å². The molecule has 76 valence electrons. The third-order valence-electron chi connectivity index (χ3n) is 3.32. The number of fused-ring (bicyclic) bond motifs is 1. The van der Waals surface area contributed by atoms with Gasteiger partial charge in [-0.25, -0.2) is 0 Å². The van der Waals surface area contributed by atoms with Gasteiger partial charge in [0.15, 0.2) is 0 Å². The van der Waals surface area contributed by atoms with Gasteiger partial charge in [0.2, 0.25) is 0 Å². The highest BCUT2D eigenvalue weighted by Crippen LogP contribution is 2.30. The van der Waals surface area contributed by atoms with Crippen molar-refractivity contribution in [3.8, 4) is 0 Å². The average molecular weight is 191 g/mol. The lowest BCUT2D eigenvalue weighted by molar-refractivity contribution is 0.258. The lowest BCUT2D eigenvalue weighted by Gasteiger charge is -2.19. The van der Waals surface area contributed by atoms with E-state index in [1.54, 1.807) is 0 Å². The third kappa shape index (κ3) is 1.69. The Morgan fingerprint density at radius 1 is 1.50 bits per heavy atom. The van der Waals surface area contributed by atoms with Crippen LogP contribution in [0.25, 0.3) is 0 Å². The first-order valence-electron chi connectivity index (χ1n) is 5.65. The number of rotatable bonds is 2. The normalized spacial score (nSPS) is 23.1. The number of aromatic amines is 1. The molecule has 14 heavy (non-hydrogen) atoms. The zero-order valence-electron chi connectivity index (χ0n) is 8.50. The molecule has 0 atom stereocenters. The van der Waals surface area contributed by atoms with Gasteiger partial charge in [0, 0.05) is 24.3 Å². The Kier molecular flexibility index (Phi) is 2.05. The summed E-state index contributed by atoms with van der Waals surface area (Å²) >= 11 is 0. The summed E-state index contributed by atoms with van der Waals surface area (Å²) in [5.74, 6) is 1.00. The summed E-state index contributed by atoms with van der Waals surface area (Å²) < 4.78 is 0. The third-order valence-corrected chi connectivity index (χ3v) is 3.32. The van der Waals surface area contributed by atoms with Gasteiger partial charge in [-0.05, 0) is 38.1 Å². The predicted octanol–water partition coefficient (Wildman–Crippen LogP) is 1.57. The molecule has 0 saturated heterocycles. The van der Waals surface area contributed by atoms with Crippen LogP contribution in [0.2, 0.25) is 0 Å². The number of hydrogen-bond acceptors (Lipinski definition) is 2. The van der Waals surface area contributed by atoms with E-state index in [0.29, 0.717) is 0 Å². The van der Waals surface area contributed by atoms with Crippen molar-refractivity contribution in [3.63, 3.8) is 0 Å². The van der Waals surface area contributed by atoms with Gasteiger partial charge >= 0.3 is 0 Å². The number of aryl methyl sites for hydroxylation is 1. The van der Waals surface area contributed by atoms with E-state index in [0.717, 1.165) is 12.5 Å². The molecule has 1 aliphatic heterocycles. The van der Waals surface area contributed by atoms with E-state index in [1.165, 1.54) is 50.0 Å². The van der Waals surface area contributed by atoms with Crippen molar-refractivity contribution in [2.24, 2.45) is 5.92 Å². The summed E-state index contributed by atoms with van der Waals surface area (Å²) in [5.41, 5.74) is 2.78. The van der Waals surface area contributed by atoms with E-state index in [-0.39, 0.29) is 0 Å². The summed E-state index contributed by atoms with van der Waals surface area (Å²) in [6.07, 6.45) is 7.36. The number of hydrogen-bond donors (Lipinski definition) is 1. The van der Waals surface area contributed by atoms with Crippen molar-refractivity contribution < 1.29 is 0 Å². The van der Waals surface area contributed by atoms with Crippen LogP contribution in [0, 0.1) is 5.92 Å². The van der Waals surface area contributed by atoms with Crippen LogP contribution in [0.5, 0.6) is 0 Å². The molecule has 0 unspecified atom stereocenters. The summed E-state index contributed by atoms with van der Waals surface area (Å²) in [4.78, 5) is 2.60. The number of nitrogens with one attached hydrogen (secondary N) is 1. The molecule has 1 aromatic rings. The molecule has 1 aromatic heterocycles. The molecular formula is C11H17N3. The Hall–Kier alpha value is -0.830. The molecule has 2 heterocycles. The van der Waals surface area contributed by atoms with Crippen LogP contribution < -0.4 is 0 Å². The van der Waals surface area contributed by atoms with Crippen LogP contribution in [0.3, 0.4) is 0 Å².